The Balaban J connectivity index is 3.01. The van der Waals surface area contributed by atoms with Gasteiger partial charge in [0.05, 0.1) is 27.4 Å². The standard InChI is InChI=1S/C26H38O4/c1-11-29-23-19(13-17(27-9)15-21(23)25(3,4)5)20-14-18(28-10)16-22(26(6,7)8)24(20)30-12-2/h13-16H,11-12H2,1-10H3. The first-order valence-electron chi connectivity index (χ1n) is 10.7. The predicted octanol–water partition coefficient (Wildman–Crippen LogP) is 6.76. The highest BCUT2D eigenvalue weighted by atomic mass is 16.5. The van der Waals surface area contributed by atoms with Gasteiger partial charge in [-0.15, -0.1) is 0 Å². The van der Waals surface area contributed by atoms with Crippen LogP contribution in [0.1, 0.15) is 66.5 Å². The molecule has 0 aliphatic carbocycles. The van der Waals surface area contributed by atoms with Crippen molar-refractivity contribution in [1.82, 2.24) is 0 Å². The molecule has 0 atom stereocenters. The van der Waals surface area contributed by atoms with Crippen molar-refractivity contribution in [2.45, 2.75) is 66.2 Å². The Morgan fingerprint density at radius 2 is 0.933 bits per heavy atom. The van der Waals surface area contributed by atoms with E-state index in [1.807, 2.05) is 26.0 Å². The highest BCUT2D eigenvalue weighted by Crippen LogP contribution is 2.49. The van der Waals surface area contributed by atoms with Crippen LogP contribution < -0.4 is 18.9 Å². The van der Waals surface area contributed by atoms with Crippen LogP contribution in [0.25, 0.3) is 11.1 Å². The minimum absolute atomic E-state index is 0.120. The zero-order valence-corrected chi connectivity index (χ0v) is 20.4. The summed E-state index contributed by atoms with van der Waals surface area (Å²) in [6.45, 7) is 18.3. The predicted molar refractivity (Wildman–Crippen MR) is 125 cm³/mol. The summed E-state index contributed by atoms with van der Waals surface area (Å²) in [6.07, 6.45) is 0. The summed E-state index contributed by atoms with van der Waals surface area (Å²) < 4.78 is 23.8. The molecule has 0 spiro atoms. The Kier molecular flexibility index (Phi) is 7.33. The average molecular weight is 415 g/mol. The van der Waals surface area contributed by atoms with Gasteiger partial charge in [0.2, 0.25) is 0 Å². The molecule has 2 rings (SSSR count). The second-order valence-electron chi connectivity index (χ2n) is 9.47. The van der Waals surface area contributed by atoms with E-state index in [0.717, 1.165) is 45.3 Å². The highest BCUT2D eigenvalue weighted by molar-refractivity contribution is 5.82. The molecule has 2 aromatic carbocycles. The van der Waals surface area contributed by atoms with Gasteiger partial charge in [-0.25, -0.2) is 0 Å². The normalized spacial score (nSPS) is 11.9. The lowest BCUT2D eigenvalue weighted by molar-refractivity contribution is 0.324. The summed E-state index contributed by atoms with van der Waals surface area (Å²) in [7, 11) is 3.39. The van der Waals surface area contributed by atoms with Gasteiger partial charge in [0.1, 0.15) is 23.0 Å². The Bertz CT molecular complexity index is 797. The van der Waals surface area contributed by atoms with E-state index < -0.39 is 0 Å². The van der Waals surface area contributed by atoms with Crippen molar-refractivity contribution in [3.05, 3.63) is 35.4 Å². The second-order valence-corrected chi connectivity index (χ2v) is 9.47. The van der Waals surface area contributed by atoms with Gasteiger partial charge in [-0.05, 0) is 48.9 Å². The number of methoxy groups -OCH3 is 2. The van der Waals surface area contributed by atoms with Gasteiger partial charge < -0.3 is 18.9 Å². The lowest BCUT2D eigenvalue weighted by Gasteiger charge is -2.29. The molecule has 0 aliphatic heterocycles. The van der Waals surface area contributed by atoms with E-state index in [0.29, 0.717) is 13.2 Å². The molecule has 4 heteroatoms. The molecule has 0 unspecified atom stereocenters. The third kappa shape index (κ3) is 5.03. The van der Waals surface area contributed by atoms with Gasteiger partial charge in [0.25, 0.3) is 0 Å². The summed E-state index contributed by atoms with van der Waals surface area (Å²) in [5, 5.41) is 0. The summed E-state index contributed by atoms with van der Waals surface area (Å²) >= 11 is 0. The van der Waals surface area contributed by atoms with E-state index >= 15 is 0 Å². The molecule has 0 amide bonds. The molecular weight excluding hydrogens is 376 g/mol. The first-order valence-corrected chi connectivity index (χ1v) is 10.7. The molecule has 4 nitrogen and oxygen atoms in total. The van der Waals surface area contributed by atoms with Gasteiger partial charge in [0.15, 0.2) is 0 Å². The van der Waals surface area contributed by atoms with Crippen LogP contribution in [0.5, 0.6) is 23.0 Å². The topological polar surface area (TPSA) is 36.9 Å². The van der Waals surface area contributed by atoms with Crippen LogP contribution in [0.4, 0.5) is 0 Å². The zero-order chi connectivity index (χ0) is 22.7. The molecule has 0 saturated heterocycles. The summed E-state index contributed by atoms with van der Waals surface area (Å²) in [5.41, 5.74) is 3.86. The lowest BCUT2D eigenvalue weighted by atomic mass is 9.81. The Hall–Kier alpha value is -2.36. The average Bonchev–Trinajstić information content (AvgIpc) is 2.66. The molecule has 0 aliphatic rings. The fourth-order valence-corrected chi connectivity index (χ4v) is 3.55. The van der Waals surface area contributed by atoms with E-state index in [1.54, 1.807) is 14.2 Å². The van der Waals surface area contributed by atoms with Crippen LogP contribution >= 0.6 is 0 Å². The van der Waals surface area contributed by atoms with Crippen LogP contribution in [0.15, 0.2) is 24.3 Å². The second kappa shape index (κ2) is 9.20. The van der Waals surface area contributed by atoms with Crippen LogP contribution in [-0.2, 0) is 10.8 Å². The van der Waals surface area contributed by atoms with Gasteiger partial charge in [0, 0.05) is 22.3 Å². The monoisotopic (exact) mass is 414 g/mol. The smallest absolute Gasteiger partial charge is 0.131 e. The third-order valence-corrected chi connectivity index (χ3v) is 5.08. The van der Waals surface area contributed by atoms with Crippen molar-refractivity contribution in [1.29, 1.82) is 0 Å². The number of ether oxygens (including phenoxy) is 4. The van der Waals surface area contributed by atoms with Crippen molar-refractivity contribution < 1.29 is 18.9 Å². The minimum Gasteiger partial charge on any atom is -0.497 e. The summed E-state index contributed by atoms with van der Waals surface area (Å²) in [4.78, 5) is 0. The van der Waals surface area contributed by atoms with Crippen LogP contribution in [0, 0.1) is 0 Å². The van der Waals surface area contributed by atoms with Gasteiger partial charge in [-0.3, -0.25) is 0 Å². The molecule has 0 aromatic heterocycles. The molecule has 0 N–H and O–H groups in total. The SMILES string of the molecule is CCOc1c(-c2cc(OC)cc(C(C)(C)C)c2OCC)cc(OC)cc1C(C)(C)C. The molecule has 0 bridgehead atoms. The Morgan fingerprint density at radius 1 is 0.600 bits per heavy atom. The van der Waals surface area contributed by atoms with Crippen LogP contribution in [0.2, 0.25) is 0 Å². The first kappa shape index (κ1) is 23.9. The fraction of sp³-hybridized carbons (Fsp3) is 0.538. The van der Waals surface area contributed by atoms with Crippen LogP contribution in [0.3, 0.4) is 0 Å². The van der Waals surface area contributed by atoms with E-state index in [4.69, 9.17) is 18.9 Å². The van der Waals surface area contributed by atoms with Crippen molar-refractivity contribution >= 4 is 0 Å². The Labute approximate surface area is 182 Å². The third-order valence-electron chi connectivity index (χ3n) is 5.08. The van der Waals surface area contributed by atoms with Crippen molar-refractivity contribution in [2.24, 2.45) is 0 Å². The lowest BCUT2D eigenvalue weighted by Crippen LogP contribution is -2.16. The first-order chi connectivity index (χ1) is 14.0. The molecule has 0 radical (unpaired) electrons. The largest absolute Gasteiger partial charge is 0.497 e. The molecule has 30 heavy (non-hydrogen) atoms. The fourth-order valence-electron chi connectivity index (χ4n) is 3.55. The molecule has 0 saturated carbocycles. The number of hydrogen-bond donors (Lipinski definition) is 0. The van der Waals surface area contributed by atoms with E-state index in [2.05, 4.69) is 53.7 Å². The molecule has 166 valence electrons. The van der Waals surface area contributed by atoms with E-state index in [1.165, 1.54) is 0 Å². The van der Waals surface area contributed by atoms with Crippen LogP contribution in [-0.4, -0.2) is 27.4 Å². The molecule has 0 heterocycles. The van der Waals surface area contributed by atoms with E-state index in [-0.39, 0.29) is 10.8 Å². The molecule has 2 aromatic rings. The highest BCUT2D eigenvalue weighted by Gasteiger charge is 2.29. The summed E-state index contributed by atoms with van der Waals surface area (Å²) in [6, 6.07) is 8.20. The quantitative estimate of drug-likeness (QED) is 0.501. The Morgan fingerprint density at radius 3 is 1.17 bits per heavy atom. The van der Waals surface area contributed by atoms with Crippen molar-refractivity contribution in [3.8, 4) is 34.1 Å². The maximum absolute atomic E-state index is 6.23. The number of benzene rings is 2. The summed E-state index contributed by atoms with van der Waals surface area (Å²) in [5.74, 6) is 3.31. The van der Waals surface area contributed by atoms with Crippen molar-refractivity contribution in [2.75, 3.05) is 27.4 Å². The van der Waals surface area contributed by atoms with E-state index in [9.17, 15) is 0 Å². The molecular formula is C26H38O4. The minimum atomic E-state index is -0.120. The zero-order valence-electron chi connectivity index (χ0n) is 20.4. The van der Waals surface area contributed by atoms with Gasteiger partial charge in [-0.1, -0.05) is 41.5 Å². The maximum Gasteiger partial charge on any atom is 0.131 e. The number of rotatable bonds is 7. The molecule has 0 fully saturated rings. The van der Waals surface area contributed by atoms with Gasteiger partial charge in [-0.2, -0.15) is 0 Å². The van der Waals surface area contributed by atoms with Crippen molar-refractivity contribution in [3.63, 3.8) is 0 Å². The maximum atomic E-state index is 6.23. The number of hydrogen-bond acceptors (Lipinski definition) is 4. The van der Waals surface area contributed by atoms with Gasteiger partial charge >= 0.3 is 0 Å².